The van der Waals surface area contributed by atoms with Crippen LogP contribution in [0.3, 0.4) is 0 Å². The number of amides is 1. The van der Waals surface area contributed by atoms with Crippen molar-refractivity contribution in [1.29, 1.82) is 0 Å². The quantitative estimate of drug-likeness (QED) is 0.625. The van der Waals surface area contributed by atoms with E-state index in [1.807, 2.05) is 13.8 Å². The van der Waals surface area contributed by atoms with Gasteiger partial charge in [-0.05, 0) is 19.4 Å². The molecule has 0 aromatic heterocycles. The molecule has 0 spiro atoms. The molecule has 1 N–H and O–H groups in total. The Bertz CT molecular complexity index is 460. The Kier molecular flexibility index (Phi) is 5.44. The second-order valence-electron chi connectivity index (χ2n) is 4.63. The number of nitro benzene ring substituents is 1. The van der Waals surface area contributed by atoms with Gasteiger partial charge in [0.2, 0.25) is 5.91 Å². The van der Waals surface area contributed by atoms with E-state index in [0.29, 0.717) is 6.54 Å². The van der Waals surface area contributed by atoms with Crippen molar-refractivity contribution in [3.63, 3.8) is 0 Å². The molecular weight excluding hydrogens is 246 g/mol. The van der Waals surface area contributed by atoms with Crippen LogP contribution in [0.2, 0.25) is 0 Å². The van der Waals surface area contributed by atoms with Crippen LogP contribution < -0.4 is 5.32 Å². The van der Waals surface area contributed by atoms with Crippen LogP contribution in [0.5, 0.6) is 0 Å². The standard InChI is InChI=1S/C13H19N3O3/c1-10(2)15(3)13(17)9-14-8-11-5-4-6-12(7-11)16(18)19/h4-7,10,14H,8-9H2,1-3H3. The van der Waals surface area contributed by atoms with E-state index in [1.165, 1.54) is 12.1 Å². The summed E-state index contributed by atoms with van der Waals surface area (Å²) >= 11 is 0. The molecule has 1 aromatic carbocycles. The van der Waals surface area contributed by atoms with Gasteiger partial charge in [-0.1, -0.05) is 12.1 Å². The van der Waals surface area contributed by atoms with Crippen molar-refractivity contribution in [2.45, 2.75) is 26.4 Å². The van der Waals surface area contributed by atoms with Crippen LogP contribution in [0.15, 0.2) is 24.3 Å². The molecule has 1 amide bonds. The van der Waals surface area contributed by atoms with Gasteiger partial charge in [0.05, 0.1) is 11.5 Å². The summed E-state index contributed by atoms with van der Waals surface area (Å²) in [5.74, 6) is 0.000399. The number of non-ortho nitro benzene ring substituents is 1. The summed E-state index contributed by atoms with van der Waals surface area (Å²) in [6.45, 7) is 4.54. The van der Waals surface area contributed by atoms with Crippen LogP contribution in [0, 0.1) is 10.1 Å². The van der Waals surface area contributed by atoms with Crippen molar-refractivity contribution in [3.05, 3.63) is 39.9 Å². The molecule has 0 aliphatic carbocycles. The summed E-state index contributed by atoms with van der Waals surface area (Å²) in [4.78, 5) is 23.6. The van der Waals surface area contributed by atoms with Crippen LogP contribution in [0.1, 0.15) is 19.4 Å². The summed E-state index contributed by atoms with van der Waals surface area (Å²) in [5.41, 5.74) is 0.846. The summed E-state index contributed by atoms with van der Waals surface area (Å²) in [5, 5.41) is 13.6. The lowest BCUT2D eigenvalue weighted by molar-refractivity contribution is -0.384. The molecule has 0 aliphatic heterocycles. The van der Waals surface area contributed by atoms with E-state index in [4.69, 9.17) is 0 Å². The lowest BCUT2D eigenvalue weighted by atomic mass is 10.2. The average molecular weight is 265 g/mol. The second kappa shape index (κ2) is 6.84. The van der Waals surface area contributed by atoms with Crippen molar-refractivity contribution in [2.75, 3.05) is 13.6 Å². The zero-order chi connectivity index (χ0) is 14.4. The summed E-state index contributed by atoms with van der Waals surface area (Å²) in [6.07, 6.45) is 0. The van der Waals surface area contributed by atoms with Crippen molar-refractivity contribution in [2.24, 2.45) is 0 Å². The number of carbonyl (C=O) groups excluding carboxylic acids is 1. The molecule has 0 heterocycles. The number of hydrogen-bond donors (Lipinski definition) is 1. The van der Waals surface area contributed by atoms with Gasteiger partial charge in [0.25, 0.3) is 5.69 Å². The molecule has 19 heavy (non-hydrogen) atoms. The zero-order valence-corrected chi connectivity index (χ0v) is 11.4. The van der Waals surface area contributed by atoms with Gasteiger partial charge < -0.3 is 10.2 Å². The molecule has 104 valence electrons. The highest BCUT2D eigenvalue weighted by molar-refractivity contribution is 5.78. The summed E-state index contributed by atoms with van der Waals surface area (Å²) in [6, 6.07) is 6.53. The maximum atomic E-state index is 11.7. The van der Waals surface area contributed by atoms with Crippen LogP contribution in [0.4, 0.5) is 5.69 Å². The third-order valence-electron chi connectivity index (χ3n) is 2.89. The number of nitrogens with zero attached hydrogens (tertiary/aromatic N) is 2. The molecule has 6 heteroatoms. The first-order chi connectivity index (χ1) is 8.91. The molecular formula is C13H19N3O3. The maximum Gasteiger partial charge on any atom is 0.269 e. The largest absolute Gasteiger partial charge is 0.342 e. The van der Waals surface area contributed by atoms with Crippen molar-refractivity contribution >= 4 is 11.6 Å². The Labute approximate surface area is 112 Å². The molecule has 6 nitrogen and oxygen atoms in total. The monoisotopic (exact) mass is 265 g/mol. The summed E-state index contributed by atoms with van der Waals surface area (Å²) < 4.78 is 0. The van der Waals surface area contributed by atoms with E-state index < -0.39 is 4.92 Å². The van der Waals surface area contributed by atoms with Gasteiger partial charge in [-0.3, -0.25) is 14.9 Å². The first kappa shape index (κ1) is 15.1. The summed E-state index contributed by atoms with van der Waals surface area (Å²) in [7, 11) is 1.75. The Morgan fingerprint density at radius 3 is 2.74 bits per heavy atom. The van der Waals surface area contributed by atoms with Gasteiger partial charge in [0.1, 0.15) is 0 Å². The number of rotatable bonds is 6. The third kappa shape index (κ3) is 4.67. The highest BCUT2D eigenvalue weighted by Crippen LogP contribution is 2.12. The van der Waals surface area contributed by atoms with Crippen LogP contribution in [-0.2, 0) is 11.3 Å². The molecule has 1 aromatic rings. The SMILES string of the molecule is CC(C)N(C)C(=O)CNCc1cccc([N+](=O)[O-])c1. The lowest BCUT2D eigenvalue weighted by Crippen LogP contribution is -2.39. The fourth-order valence-electron chi connectivity index (χ4n) is 1.51. The number of benzene rings is 1. The molecule has 1 rings (SSSR count). The second-order valence-corrected chi connectivity index (χ2v) is 4.63. The minimum Gasteiger partial charge on any atom is -0.342 e. The average Bonchev–Trinajstić information content (AvgIpc) is 2.37. The maximum absolute atomic E-state index is 11.7. The normalized spacial score (nSPS) is 10.5. The van der Waals surface area contributed by atoms with Crippen molar-refractivity contribution in [3.8, 4) is 0 Å². The Hall–Kier alpha value is -1.95. The zero-order valence-electron chi connectivity index (χ0n) is 11.4. The lowest BCUT2D eigenvalue weighted by Gasteiger charge is -2.21. The predicted octanol–water partition coefficient (Wildman–Crippen LogP) is 1.55. The van der Waals surface area contributed by atoms with E-state index in [1.54, 1.807) is 24.1 Å². The minimum atomic E-state index is -0.429. The molecule has 0 atom stereocenters. The fourth-order valence-corrected chi connectivity index (χ4v) is 1.51. The smallest absolute Gasteiger partial charge is 0.269 e. The first-order valence-electron chi connectivity index (χ1n) is 6.11. The van der Waals surface area contributed by atoms with E-state index in [2.05, 4.69) is 5.32 Å². The number of carbonyl (C=O) groups is 1. The van der Waals surface area contributed by atoms with Gasteiger partial charge >= 0.3 is 0 Å². The van der Waals surface area contributed by atoms with E-state index in [-0.39, 0.29) is 24.2 Å². The number of hydrogen-bond acceptors (Lipinski definition) is 4. The van der Waals surface area contributed by atoms with Gasteiger partial charge in [0.15, 0.2) is 0 Å². The Morgan fingerprint density at radius 1 is 1.47 bits per heavy atom. The number of likely N-dealkylation sites (N-methyl/N-ethyl adjacent to an activating group) is 1. The fraction of sp³-hybridized carbons (Fsp3) is 0.462. The molecule has 0 bridgehead atoms. The van der Waals surface area contributed by atoms with E-state index in [9.17, 15) is 14.9 Å². The number of nitro groups is 1. The Balaban J connectivity index is 2.47. The molecule has 0 unspecified atom stereocenters. The third-order valence-corrected chi connectivity index (χ3v) is 2.89. The van der Waals surface area contributed by atoms with E-state index in [0.717, 1.165) is 5.56 Å². The molecule has 0 aliphatic rings. The van der Waals surface area contributed by atoms with Gasteiger partial charge in [0, 0.05) is 31.8 Å². The van der Waals surface area contributed by atoms with Gasteiger partial charge in [-0.25, -0.2) is 0 Å². The van der Waals surface area contributed by atoms with Crippen LogP contribution >= 0.6 is 0 Å². The van der Waals surface area contributed by atoms with Crippen LogP contribution in [-0.4, -0.2) is 35.4 Å². The van der Waals surface area contributed by atoms with Gasteiger partial charge in [-0.2, -0.15) is 0 Å². The Morgan fingerprint density at radius 2 is 2.16 bits per heavy atom. The van der Waals surface area contributed by atoms with Crippen molar-refractivity contribution < 1.29 is 9.72 Å². The van der Waals surface area contributed by atoms with Crippen molar-refractivity contribution in [1.82, 2.24) is 10.2 Å². The highest BCUT2D eigenvalue weighted by atomic mass is 16.6. The molecule has 0 saturated heterocycles. The highest BCUT2D eigenvalue weighted by Gasteiger charge is 2.11. The molecule has 0 saturated carbocycles. The predicted molar refractivity (Wildman–Crippen MR) is 72.7 cm³/mol. The first-order valence-corrected chi connectivity index (χ1v) is 6.11. The van der Waals surface area contributed by atoms with Gasteiger partial charge in [-0.15, -0.1) is 0 Å². The molecule has 0 radical (unpaired) electrons. The van der Waals surface area contributed by atoms with E-state index >= 15 is 0 Å². The minimum absolute atomic E-state index is 0.000399. The number of nitrogens with one attached hydrogen (secondary N) is 1. The molecule has 0 fully saturated rings. The van der Waals surface area contributed by atoms with Crippen LogP contribution in [0.25, 0.3) is 0 Å². The topological polar surface area (TPSA) is 75.5 Å².